The van der Waals surface area contributed by atoms with Gasteiger partial charge in [-0.25, -0.2) is 9.36 Å². The van der Waals surface area contributed by atoms with Crippen LogP contribution in [0.1, 0.15) is 15.9 Å². The molecule has 3 rings (SSSR count). The second-order valence-corrected chi connectivity index (χ2v) is 5.53. The lowest BCUT2D eigenvalue weighted by atomic mass is 10.1. The standard InChI is InChI=1S/C17H14F3N5O2/c18-17(19,20)13-4-2-12(3-5-13)16(27)21-9-11-25-15(26)7-6-14(23-25)24-10-1-8-22-24/h1-8,10H,9,11H2,(H,21,27). The van der Waals surface area contributed by atoms with Crippen LogP contribution in [0.25, 0.3) is 5.82 Å². The van der Waals surface area contributed by atoms with Crippen LogP contribution in [-0.4, -0.2) is 32.0 Å². The maximum Gasteiger partial charge on any atom is 0.416 e. The molecular weight excluding hydrogens is 363 g/mol. The number of carbonyl (C=O) groups excluding carboxylic acids is 1. The minimum Gasteiger partial charge on any atom is -0.350 e. The van der Waals surface area contributed by atoms with Gasteiger partial charge in [-0.15, -0.1) is 5.10 Å². The Balaban J connectivity index is 1.62. The molecule has 1 N–H and O–H groups in total. The van der Waals surface area contributed by atoms with E-state index in [1.165, 1.54) is 21.5 Å². The first-order chi connectivity index (χ1) is 12.8. The summed E-state index contributed by atoms with van der Waals surface area (Å²) in [6.45, 7) is 0.176. The largest absolute Gasteiger partial charge is 0.416 e. The predicted octanol–water partition coefficient (Wildman–Crippen LogP) is 1.88. The molecule has 1 aromatic carbocycles. The third kappa shape index (κ3) is 4.40. The third-order valence-electron chi connectivity index (χ3n) is 3.68. The number of hydrogen-bond acceptors (Lipinski definition) is 4. The minimum atomic E-state index is -4.46. The maximum atomic E-state index is 12.5. The zero-order valence-electron chi connectivity index (χ0n) is 13.8. The Labute approximate surface area is 151 Å². The van der Waals surface area contributed by atoms with Crippen LogP contribution < -0.4 is 10.9 Å². The average Bonchev–Trinajstić information content (AvgIpc) is 3.17. The number of carbonyl (C=O) groups is 1. The third-order valence-corrected chi connectivity index (χ3v) is 3.68. The van der Waals surface area contributed by atoms with Gasteiger partial charge in [-0.3, -0.25) is 9.59 Å². The summed E-state index contributed by atoms with van der Waals surface area (Å²) in [4.78, 5) is 23.9. The van der Waals surface area contributed by atoms with Crippen LogP contribution in [0, 0.1) is 0 Å². The summed E-state index contributed by atoms with van der Waals surface area (Å²) >= 11 is 0. The van der Waals surface area contributed by atoms with Crippen molar-refractivity contribution in [1.29, 1.82) is 0 Å². The fourth-order valence-corrected chi connectivity index (χ4v) is 2.31. The number of hydrogen-bond donors (Lipinski definition) is 1. The molecule has 10 heteroatoms. The number of aromatic nitrogens is 4. The fourth-order valence-electron chi connectivity index (χ4n) is 2.31. The van der Waals surface area contributed by atoms with Crippen LogP contribution in [0.2, 0.25) is 0 Å². The van der Waals surface area contributed by atoms with E-state index in [1.807, 2.05) is 0 Å². The molecule has 2 heterocycles. The van der Waals surface area contributed by atoms with Gasteiger partial charge in [0, 0.05) is 30.6 Å². The summed E-state index contributed by atoms with van der Waals surface area (Å²) < 4.78 is 40.3. The van der Waals surface area contributed by atoms with E-state index < -0.39 is 17.6 Å². The summed E-state index contributed by atoms with van der Waals surface area (Å²) in [5.74, 6) is -0.103. The van der Waals surface area contributed by atoms with Crippen LogP contribution in [0.15, 0.2) is 59.7 Å². The van der Waals surface area contributed by atoms with Crippen molar-refractivity contribution in [2.75, 3.05) is 6.54 Å². The van der Waals surface area contributed by atoms with Gasteiger partial charge in [0.05, 0.1) is 12.1 Å². The highest BCUT2D eigenvalue weighted by molar-refractivity contribution is 5.94. The van der Waals surface area contributed by atoms with Gasteiger partial charge in [0.2, 0.25) is 0 Å². The predicted molar refractivity (Wildman–Crippen MR) is 89.4 cm³/mol. The lowest BCUT2D eigenvalue weighted by Gasteiger charge is -2.09. The maximum absolute atomic E-state index is 12.5. The second-order valence-electron chi connectivity index (χ2n) is 5.53. The molecule has 7 nitrogen and oxygen atoms in total. The first kappa shape index (κ1) is 18.4. The Morgan fingerprint density at radius 3 is 2.48 bits per heavy atom. The topological polar surface area (TPSA) is 81.8 Å². The molecule has 3 aromatic rings. The normalized spacial score (nSPS) is 11.4. The highest BCUT2D eigenvalue weighted by Gasteiger charge is 2.30. The molecule has 0 aliphatic rings. The zero-order chi connectivity index (χ0) is 19.4. The zero-order valence-corrected chi connectivity index (χ0v) is 13.8. The molecule has 140 valence electrons. The van der Waals surface area contributed by atoms with E-state index >= 15 is 0 Å². The summed E-state index contributed by atoms with van der Waals surface area (Å²) in [6, 6.07) is 8.45. The lowest BCUT2D eigenvalue weighted by molar-refractivity contribution is -0.137. The highest BCUT2D eigenvalue weighted by atomic mass is 19.4. The van der Waals surface area contributed by atoms with Gasteiger partial charge in [-0.05, 0) is 36.4 Å². The van der Waals surface area contributed by atoms with E-state index in [0.29, 0.717) is 5.82 Å². The molecule has 0 aliphatic heterocycles. The monoisotopic (exact) mass is 377 g/mol. The molecule has 0 radical (unpaired) electrons. The van der Waals surface area contributed by atoms with E-state index in [4.69, 9.17) is 0 Å². The van der Waals surface area contributed by atoms with E-state index in [1.54, 1.807) is 18.5 Å². The Hall–Kier alpha value is -3.43. The van der Waals surface area contributed by atoms with E-state index in [0.717, 1.165) is 24.3 Å². The molecule has 2 aromatic heterocycles. The Morgan fingerprint density at radius 1 is 1.11 bits per heavy atom. The molecule has 0 atom stereocenters. The number of nitrogens with zero attached hydrogens (tertiary/aromatic N) is 4. The van der Waals surface area contributed by atoms with Crippen molar-refractivity contribution < 1.29 is 18.0 Å². The first-order valence-corrected chi connectivity index (χ1v) is 7.88. The van der Waals surface area contributed by atoms with Gasteiger partial charge in [0.1, 0.15) is 0 Å². The molecule has 0 saturated heterocycles. The van der Waals surface area contributed by atoms with Crippen LogP contribution in [0.4, 0.5) is 13.2 Å². The Kier molecular flexibility index (Phi) is 5.06. The number of alkyl halides is 3. The van der Waals surface area contributed by atoms with Crippen molar-refractivity contribution >= 4 is 5.91 Å². The van der Waals surface area contributed by atoms with Gasteiger partial charge < -0.3 is 5.32 Å². The van der Waals surface area contributed by atoms with Gasteiger partial charge in [0.25, 0.3) is 11.5 Å². The van der Waals surface area contributed by atoms with Crippen LogP contribution in [0.5, 0.6) is 0 Å². The summed E-state index contributed by atoms with van der Waals surface area (Å²) in [5, 5.41) is 10.7. The molecular formula is C17H14F3N5O2. The van der Waals surface area contributed by atoms with E-state index in [-0.39, 0.29) is 24.2 Å². The summed E-state index contributed by atoms with van der Waals surface area (Å²) in [5.41, 5.74) is -1.09. The minimum absolute atomic E-state index is 0.0787. The first-order valence-electron chi connectivity index (χ1n) is 7.88. The number of rotatable bonds is 5. The SMILES string of the molecule is O=C(NCCn1nc(-n2cccn2)ccc1=O)c1ccc(C(F)(F)F)cc1. The number of benzene rings is 1. The summed E-state index contributed by atoms with van der Waals surface area (Å²) in [6.07, 6.45) is -1.22. The van der Waals surface area contributed by atoms with Crippen molar-refractivity contribution in [3.8, 4) is 5.82 Å². The summed E-state index contributed by atoms with van der Waals surface area (Å²) in [7, 11) is 0. The Bertz CT molecular complexity index is 979. The van der Waals surface area contributed by atoms with Gasteiger partial charge in [-0.2, -0.15) is 18.3 Å². The number of halogens is 3. The highest BCUT2D eigenvalue weighted by Crippen LogP contribution is 2.29. The molecule has 1 amide bonds. The quantitative estimate of drug-likeness (QED) is 0.736. The number of amides is 1. The van der Waals surface area contributed by atoms with Gasteiger partial charge in [0.15, 0.2) is 5.82 Å². The second kappa shape index (κ2) is 7.44. The van der Waals surface area contributed by atoms with E-state index in [2.05, 4.69) is 15.5 Å². The van der Waals surface area contributed by atoms with Crippen LogP contribution >= 0.6 is 0 Å². The smallest absolute Gasteiger partial charge is 0.350 e. The average molecular weight is 377 g/mol. The molecule has 0 saturated carbocycles. The van der Waals surface area contributed by atoms with E-state index in [9.17, 15) is 22.8 Å². The van der Waals surface area contributed by atoms with Gasteiger partial charge >= 0.3 is 6.18 Å². The Morgan fingerprint density at radius 2 is 1.85 bits per heavy atom. The molecule has 0 spiro atoms. The molecule has 0 aliphatic carbocycles. The van der Waals surface area contributed by atoms with Gasteiger partial charge in [-0.1, -0.05) is 0 Å². The number of nitrogens with one attached hydrogen (secondary N) is 1. The van der Waals surface area contributed by atoms with Crippen molar-refractivity contribution in [3.05, 3.63) is 76.3 Å². The van der Waals surface area contributed by atoms with Crippen molar-refractivity contribution in [3.63, 3.8) is 0 Å². The molecule has 27 heavy (non-hydrogen) atoms. The van der Waals surface area contributed by atoms with Crippen LogP contribution in [-0.2, 0) is 12.7 Å². The molecule has 0 unspecified atom stereocenters. The molecule has 0 bridgehead atoms. The van der Waals surface area contributed by atoms with Crippen molar-refractivity contribution in [2.24, 2.45) is 0 Å². The van der Waals surface area contributed by atoms with Crippen molar-refractivity contribution in [2.45, 2.75) is 12.7 Å². The molecule has 0 fully saturated rings. The lowest BCUT2D eigenvalue weighted by Crippen LogP contribution is -2.32. The van der Waals surface area contributed by atoms with Crippen LogP contribution in [0.3, 0.4) is 0 Å². The fraction of sp³-hybridized carbons (Fsp3) is 0.176. The van der Waals surface area contributed by atoms with Crippen molar-refractivity contribution in [1.82, 2.24) is 24.9 Å².